The number of methoxy groups -OCH3 is 3. The summed E-state index contributed by atoms with van der Waals surface area (Å²) in [5.41, 5.74) is 1.30. The minimum absolute atomic E-state index is 0.0131. The van der Waals surface area contributed by atoms with Gasteiger partial charge in [-0.25, -0.2) is 17.9 Å². The van der Waals surface area contributed by atoms with Gasteiger partial charge in [-0.15, -0.1) is 0 Å². The van der Waals surface area contributed by atoms with Crippen molar-refractivity contribution in [2.24, 2.45) is 0 Å². The Morgan fingerprint density at radius 2 is 1.74 bits per heavy atom. The molecule has 2 rings (SSSR count). The van der Waals surface area contributed by atoms with Crippen LogP contribution >= 0.6 is 0 Å². The van der Waals surface area contributed by atoms with Gasteiger partial charge in [0.25, 0.3) is 0 Å². The van der Waals surface area contributed by atoms with Crippen molar-refractivity contribution in [2.45, 2.75) is 24.8 Å². The second kappa shape index (κ2) is 8.41. The van der Waals surface area contributed by atoms with Crippen LogP contribution in [0.2, 0.25) is 0 Å². The first kappa shape index (κ1) is 20.7. The maximum absolute atomic E-state index is 12.9. The topological polar surface area (TPSA) is 90.9 Å². The molecule has 146 valence electrons. The molecule has 0 heterocycles. The molecule has 0 amide bonds. The third-order valence-electron chi connectivity index (χ3n) is 4.13. The van der Waals surface area contributed by atoms with E-state index in [0.717, 1.165) is 0 Å². The first-order valence-electron chi connectivity index (χ1n) is 8.16. The molecule has 0 fully saturated rings. The number of carbonyl (C=O) groups excluding carboxylic acids is 1. The summed E-state index contributed by atoms with van der Waals surface area (Å²) in [6, 6.07) is 8.95. The Labute approximate surface area is 159 Å². The van der Waals surface area contributed by atoms with E-state index in [4.69, 9.17) is 9.47 Å². The lowest BCUT2D eigenvalue weighted by Gasteiger charge is -2.19. The van der Waals surface area contributed by atoms with E-state index in [1.165, 1.54) is 33.5 Å². The van der Waals surface area contributed by atoms with Crippen LogP contribution in [0.4, 0.5) is 0 Å². The van der Waals surface area contributed by atoms with Crippen molar-refractivity contribution in [3.8, 4) is 11.5 Å². The van der Waals surface area contributed by atoms with E-state index in [2.05, 4.69) is 9.46 Å². The van der Waals surface area contributed by atoms with Crippen LogP contribution < -0.4 is 14.2 Å². The van der Waals surface area contributed by atoms with E-state index < -0.39 is 22.0 Å². The Morgan fingerprint density at radius 3 is 2.33 bits per heavy atom. The maximum Gasteiger partial charge on any atom is 0.337 e. The Hall–Kier alpha value is -2.58. The molecule has 0 aliphatic rings. The molecule has 0 aromatic heterocycles. The largest absolute Gasteiger partial charge is 0.497 e. The van der Waals surface area contributed by atoms with Crippen molar-refractivity contribution >= 4 is 16.0 Å². The van der Waals surface area contributed by atoms with Gasteiger partial charge in [0.05, 0.1) is 31.8 Å². The van der Waals surface area contributed by atoms with Crippen LogP contribution in [-0.2, 0) is 14.8 Å². The summed E-state index contributed by atoms with van der Waals surface area (Å²) < 4.78 is 43.7. The maximum atomic E-state index is 12.9. The summed E-state index contributed by atoms with van der Waals surface area (Å²) in [4.78, 5) is 11.7. The fourth-order valence-corrected chi connectivity index (χ4v) is 4.17. The number of rotatable bonds is 7. The Balaban J connectivity index is 2.40. The van der Waals surface area contributed by atoms with Gasteiger partial charge < -0.3 is 14.2 Å². The molecule has 7 nitrogen and oxygen atoms in total. The molecule has 0 saturated carbocycles. The van der Waals surface area contributed by atoms with E-state index in [1.807, 2.05) is 0 Å². The van der Waals surface area contributed by atoms with Crippen LogP contribution in [0.5, 0.6) is 11.5 Å². The van der Waals surface area contributed by atoms with Gasteiger partial charge in [0, 0.05) is 11.6 Å². The summed E-state index contributed by atoms with van der Waals surface area (Å²) in [6.45, 7) is 3.36. The molecule has 0 aliphatic heterocycles. The molecule has 27 heavy (non-hydrogen) atoms. The van der Waals surface area contributed by atoms with Crippen molar-refractivity contribution < 1.29 is 27.4 Å². The third kappa shape index (κ3) is 4.58. The van der Waals surface area contributed by atoms with Gasteiger partial charge in [-0.05, 0) is 49.7 Å². The van der Waals surface area contributed by atoms with Gasteiger partial charge in [0.2, 0.25) is 10.0 Å². The van der Waals surface area contributed by atoms with Gasteiger partial charge in [-0.3, -0.25) is 0 Å². The number of carbonyl (C=O) groups is 1. The monoisotopic (exact) mass is 393 g/mol. The van der Waals surface area contributed by atoms with E-state index in [1.54, 1.807) is 38.1 Å². The van der Waals surface area contributed by atoms with E-state index in [0.29, 0.717) is 22.6 Å². The molecule has 2 aromatic rings. The zero-order valence-electron chi connectivity index (χ0n) is 15.9. The predicted molar refractivity (Wildman–Crippen MR) is 101 cm³/mol. The molecular formula is C19H23NO6S. The van der Waals surface area contributed by atoms with Crippen LogP contribution in [0, 0.1) is 6.92 Å². The lowest BCUT2D eigenvalue weighted by Crippen LogP contribution is -2.28. The van der Waals surface area contributed by atoms with Gasteiger partial charge in [0.1, 0.15) is 11.5 Å². The molecule has 2 aromatic carbocycles. The van der Waals surface area contributed by atoms with Gasteiger partial charge in [-0.1, -0.05) is 6.07 Å². The molecule has 1 unspecified atom stereocenters. The number of ether oxygens (including phenoxy) is 3. The van der Waals surface area contributed by atoms with Gasteiger partial charge in [0.15, 0.2) is 0 Å². The second-order valence-corrected chi connectivity index (χ2v) is 7.61. The Bertz CT molecular complexity index is 939. The lowest BCUT2D eigenvalue weighted by molar-refractivity contribution is 0.0600. The first-order chi connectivity index (χ1) is 12.7. The quantitative estimate of drug-likeness (QED) is 0.728. The van der Waals surface area contributed by atoms with Gasteiger partial charge >= 0.3 is 5.97 Å². The first-order valence-corrected chi connectivity index (χ1v) is 9.65. The van der Waals surface area contributed by atoms with Crippen molar-refractivity contribution in [2.75, 3.05) is 21.3 Å². The average Bonchev–Trinajstić information content (AvgIpc) is 2.66. The number of sulfonamides is 1. The smallest absolute Gasteiger partial charge is 0.337 e. The number of nitrogens with one attached hydrogen (secondary N) is 1. The van der Waals surface area contributed by atoms with E-state index in [-0.39, 0.29) is 10.5 Å². The molecule has 0 spiro atoms. The van der Waals surface area contributed by atoms with Crippen LogP contribution in [0.3, 0.4) is 0 Å². The Kier molecular flexibility index (Phi) is 6.45. The summed E-state index contributed by atoms with van der Waals surface area (Å²) in [6.07, 6.45) is 0. The molecule has 1 N–H and O–H groups in total. The number of hydrogen-bond acceptors (Lipinski definition) is 6. The molecule has 0 aliphatic carbocycles. The molecule has 8 heteroatoms. The van der Waals surface area contributed by atoms with Gasteiger partial charge in [-0.2, -0.15) is 0 Å². The van der Waals surface area contributed by atoms with Crippen LogP contribution in [-0.4, -0.2) is 35.7 Å². The summed E-state index contributed by atoms with van der Waals surface area (Å²) in [5, 5.41) is 0. The molecule has 1 atom stereocenters. The number of benzene rings is 2. The molecular weight excluding hydrogens is 370 g/mol. The minimum atomic E-state index is -3.90. The summed E-state index contributed by atoms with van der Waals surface area (Å²) in [5.74, 6) is 0.515. The highest BCUT2D eigenvalue weighted by molar-refractivity contribution is 7.89. The Morgan fingerprint density at radius 1 is 1.04 bits per heavy atom. The predicted octanol–water partition coefficient (Wildman–Crippen LogP) is 2.84. The summed E-state index contributed by atoms with van der Waals surface area (Å²) in [7, 11) is 0.381. The standard InChI is InChI=1S/C19H23NO6S/c1-12-6-7-14(19(21)26-5)10-18(12)27(22,23)20-13(2)16-11-15(24-3)8-9-17(16)25-4/h6-11,13,20H,1-5H3. The molecule has 0 bridgehead atoms. The number of esters is 1. The van der Waals surface area contributed by atoms with E-state index >= 15 is 0 Å². The van der Waals surface area contributed by atoms with Crippen LogP contribution in [0.15, 0.2) is 41.3 Å². The highest BCUT2D eigenvalue weighted by Crippen LogP contribution is 2.30. The fourth-order valence-electron chi connectivity index (χ4n) is 2.67. The third-order valence-corrected chi connectivity index (χ3v) is 5.82. The van der Waals surface area contributed by atoms with Crippen molar-refractivity contribution in [1.82, 2.24) is 4.72 Å². The zero-order chi connectivity index (χ0) is 20.2. The lowest BCUT2D eigenvalue weighted by atomic mass is 10.1. The van der Waals surface area contributed by atoms with Crippen LogP contribution in [0.25, 0.3) is 0 Å². The second-order valence-electron chi connectivity index (χ2n) is 5.92. The minimum Gasteiger partial charge on any atom is -0.497 e. The average molecular weight is 393 g/mol. The normalized spacial score (nSPS) is 12.3. The molecule has 0 saturated heterocycles. The highest BCUT2D eigenvalue weighted by atomic mass is 32.2. The van der Waals surface area contributed by atoms with Crippen molar-refractivity contribution in [3.63, 3.8) is 0 Å². The van der Waals surface area contributed by atoms with E-state index in [9.17, 15) is 13.2 Å². The number of aryl methyl sites for hydroxylation is 1. The fraction of sp³-hybridized carbons (Fsp3) is 0.316. The SMILES string of the molecule is COC(=O)c1ccc(C)c(S(=O)(=O)NC(C)c2cc(OC)ccc2OC)c1. The van der Waals surface area contributed by atoms with Crippen molar-refractivity contribution in [1.29, 1.82) is 0 Å². The zero-order valence-corrected chi connectivity index (χ0v) is 16.7. The number of hydrogen-bond donors (Lipinski definition) is 1. The van der Waals surface area contributed by atoms with Crippen LogP contribution in [0.1, 0.15) is 34.5 Å². The summed E-state index contributed by atoms with van der Waals surface area (Å²) >= 11 is 0. The highest BCUT2D eigenvalue weighted by Gasteiger charge is 2.24. The van der Waals surface area contributed by atoms with Crippen molar-refractivity contribution in [3.05, 3.63) is 53.1 Å². The molecule has 0 radical (unpaired) electrons.